The van der Waals surface area contributed by atoms with Crippen LogP contribution in [0.3, 0.4) is 0 Å². The Balaban J connectivity index is 2.98. The molecule has 1 aromatic heterocycles. The molecule has 0 aromatic carbocycles. The molecule has 0 fully saturated rings. The average molecular weight is 388 g/mol. The number of carbonyl (C=O) groups excluding carboxylic acids is 2. The Kier molecular flexibility index (Phi) is 6.10. The van der Waals surface area contributed by atoms with E-state index >= 15 is 0 Å². The van der Waals surface area contributed by atoms with Gasteiger partial charge in [-0.25, -0.2) is 24.5 Å². The predicted octanol–water partition coefficient (Wildman–Crippen LogP) is 3.91. The van der Waals surface area contributed by atoms with E-state index in [9.17, 15) is 9.59 Å². The summed E-state index contributed by atoms with van der Waals surface area (Å²) in [5.41, 5.74) is -1.48. The Labute approximate surface area is 144 Å². The van der Waals surface area contributed by atoms with E-state index in [2.05, 4.69) is 25.9 Å². The molecular weight excluding hydrogens is 366 g/mol. The van der Waals surface area contributed by atoms with Gasteiger partial charge in [-0.1, -0.05) is 0 Å². The molecule has 8 heteroatoms. The SMILES string of the molecule is CC(C)(C)OC(=O)N(Cc1ncc(Br)cn1)C(=O)OC(C)(C)C. The van der Waals surface area contributed by atoms with Gasteiger partial charge in [0, 0.05) is 12.4 Å². The van der Waals surface area contributed by atoms with E-state index in [4.69, 9.17) is 9.47 Å². The summed E-state index contributed by atoms with van der Waals surface area (Å²) in [6, 6.07) is 0. The van der Waals surface area contributed by atoms with Crippen LogP contribution in [0.5, 0.6) is 0 Å². The molecule has 1 aromatic rings. The van der Waals surface area contributed by atoms with Gasteiger partial charge in [-0.3, -0.25) is 0 Å². The molecule has 0 saturated carbocycles. The maximum Gasteiger partial charge on any atom is 0.420 e. The molecule has 0 atom stereocenters. The minimum absolute atomic E-state index is 0.142. The number of ether oxygens (including phenoxy) is 2. The minimum Gasteiger partial charge on any atom is -0.443 e. The fraction of sp³-hybridized carbons (Fsp3) is 0.600. The first kappa shape index (κ1) is 19.3. The van der Waals surface area contributed by atoms with Gasteiger partial charge >= 0.3 is 12.2 Å². The van der Waals surface area contributed by atoms with Crippen LogP contribution in [0.25, 0.3) is 0 Å². The van der Waals surface area contributed by atoms with Gasteiger partial charge in [-0.15, -0.1) is 0 Å². The largest absolute Gasteiger partial charge is 0.443 e. The van der Waals surface area contributed by atoms with Crippen LogP contribution in [0.2, 0.25) is 0 Å². The second-order valence-corrected chi connectivity index (χ2v) is 7.78. The molecule has 0 radical (unpaired) electrons. The summed E-state index contributed by atoms with van der Waals surface area (Å²) in [6.07, 6.45) is 1.45. The molecule has 7 nitrogen and oxygen atoms in total. The normalized spacial score (nSPS) is 11.8. The molecule has 1 heterocycles. The number of rotatable bonds is 2. The van der Waals surface area contributed by atoms with E-state index in [1.165, 1.54) is 12.4 Å². The highest BCUT2D eigenvalue weighted by atomic mass is 79.9. The molecular formula is C15H22BrN3O4. The van der Waals surface area contributed by atoms with E-state index in [-0.39, 0.29) is 6.54 Å². The highest BCUT2D eigenvalue weighted by Crippen LogP contribution is 2.16. The van der Waals surface area contributed by atoms with Gasteiger partial charge in [0.1, 0.15) is 17.0 Å². The average Bonchev–Trinajstić information content (AvgIpc) is 2.33. The number of nitrogens with zero attached hydrogens (tertiary/aromatic N) is 3. The van der Waals surface area contributed by atoms with Crippen molar-refractivity contribution in [2.24, 2.45) is 0 Å². The van der Waals surface area contributed by atoms with Crippen LogP contribution in [0.4, 0.5) is 9.59 Å². The fourth-order valence-corrected chi connectivity index (χ4v) is 1.60. The van der Waals surface area contributed by atoms with Crippen molar-refractivity contribution in [1.29, 1.82) is 0 Å². The van der Waals surface area contributed by atoms with Gasteiger partial charge in [0.2, 0.25) is 0 Å². The number of carbonyl (C=O) groups is 2. The molecule has 0 N–H and O–H groups in total. The van der Waals surface area contributed by atoms with E-state index in [0.29, 0.717) is 10.3 Å². The number of halogens is 1. The standard InChI is InChI=1S/C15H22BrN3O4/c1-14(2,3)22-12(20)19(13(21)23-15(4,5)6)9-11-17-7-10(16)8-18-11/h7-8H,9H2,1-6H3. The zero-order chi connectivity index (χ0) is 17.8. The summed E-state index contributed by atoms with van der Waals surface area (Å²) in [5, 5.41) is 0. The highest BCUT2D eigenvalue weighted by Gasteiger charge is 2.31. The van der Waals surface area contributed by atoms with Crippen molar-refractivity contribution in [2.45, 2.75) is 59.3 Å². The molecule has 0 aliphatic rings. The fourth-order valence-electron chi connectivity index (χ4n) is 1.40. The lowest BCUT2D eigenvalue weighted by Gasteiger charge is -2.28. The van der Waals surface area contributed by atoms with Crippen LogP contribution in [-0.2, 0) is 16.0 Å². The molecule has 23 heavy (non-hydrogen) atoms. The van der Waals surface area contributed by atoms with Crippen LogP contribution in [-0.4, -0.2) is 38.3 Å². The van der Waals surface area contributed by atoms with Crippen molar-refractivity contribution in [1.82, 2.24) is 14.9 Å². The first-order valence-corrected chi connectivity index (χ1v) is 7.86. The molecule has 0 aliphatic carbocycles. The summed E-state index contributed by atoms with van der Waals surface area (Å²) in [4.78, 5) is 33.6. The van der Waals surface area contributed by atoms with Gasteiger partial charge in [0.15, 0.2) is 0 Å². The smallest absolute Gasteiger partial charge is 0.420 e. The summed E-state index contributed by atoms with van der Waals surface area (Å²) in [7, 11) is 0. The summed E-state index contributed by atoms with van der Waals surface area (Å²) < 4.78 is 11.2. The van der Waals surface area contributed by atoms with Gasteiger partial charge in [-0.2, -0.15) is 0 Å². The molecule has 128 valence electrons. The quantitative estimate of drug-likeness (QED) is 0.764. The van der Waals surface area contributed by atoms with E-state index in [0.717, 1.165) is 4.90 Å². The third kappa shape index (κ3) is 7.40. The van der Waals surface area contributed by atoms with Crippen molar-refractivity contribution in [3.05, 3.63) is 22.7 Å². The molecule has 1 rings (SSSR count). The number of imide groups is 1. The third-order valence-corrected chi connectivity index (χ3v) is 2.61. The molecule has 0 bridgehead atoms. The Hall–Kier alpha value is -1.70. The van der Waals surface area contributed by atoms with E-state index < -0.39 is 23.4 Å². The molecule has 0 aliphatic heterocycles. The summed E-state index contributed by atoms with van der Waals surface area (Å²) >= 11 is 3.23. The monoisotopic (exact) mass is 387 g/mol. The lowest BCUT2D eigenvalue weighted by molar-refractivity contribution is -0.000732. The Morgan fingerprint density at radius 1 is 1.00 bits per heavy atom. The van der Waals surface area contributed by atoms with E-state index in [1.807, 2.05) is 0 Å². The maximum atomic E-state index is 12.3. The molecule has 0 spiro atoms. The number of aromatic nitrogens is 2. The van der Waals surface area contributed by atoms with Crippen LogP contribution >= 0.6 is 15.9 Å². The Morgan fingerprint density at radius 2 is 1.39 bits per heavy atom. The number of amides is 2. The van der Waals surface area contributed by atoms with Crippen molar-refractivity contribution in [3.8, 4) is 0 Å². The van der Waals surface area contributed by atoms with Gasteiger partial charge in [-0.05, 0) is 57.5 Å². The summed E-state index contributed by atoms with van der Waals surface area (Å²) in [5.74, 6) is 0.296. The van der Waals surface area contributed by atoms with E-state index in [1.54, 1.807) is 41.5 Å². The highest BCUT2D eigenvalue weighted by molar-refractivity contribution is 9.10. The van der Waals surface area contributed by atoms with Crippen LogP contribution in [0, 0.1) is 0 Å². The number of hydrogen-bond acceptors (Lipinski definition) is 6. The topological polar surface area (TPSA) is 81.6 Å². The molecule has 0 unspecified atom stereocenters. The molecule has 0 saturated heterocycles. The lowest BCUT2D eigenvalue weighted by atomic mass is 10.2. The third-order valence-electron chi connectivity index (χ3n) is 2.20. The summed E-state index contributed by atoms with van der Waals surface area (Å²) in [6.45, 7) is 10.2. The predicted molar refractivity (Wildman–Crippen MR) is 87.7 cm³/mol. The van der Waals surface area contributed by atoms with Gasteiger partial charge < -0.3 is 9.47 Å². The Bertz CT molecular complexity index is 534. The zero-order valence-electron chi connectivity index (χ0n) is 14.2. The van der Waals surface area contributed by atoms with Crippen LogP contribution in [0.15, 0.2) is 16.9 Å². The number of hydrogen-bond donors (Lipinski definition) is 0. The lowest BCUT2D eigenvalue weighted by Crippen LogP contribution is -2.43. The first-order chi connectivity index (χ1) is 10.4. The second kappa shape index (κ2) is 7.25. The van der Waals surface area contributed by atoms with Gasteiger partial charge in [0.25, 0.3) is 0 Å². The maximum absolute atomic E-state index is 12.3. The van der Waals surface area contributed by atoms with Crippen LogP contribution in [0.1, 0.15) is 47.4 Å². The first-order valence-electron chi connectivity index (χ1n) is 7.07. The van der Waals surface area contributed by atoms with Crippen molar-refractivity contribution in [2.75, 3.05) is 0 Å². The van der Waals surface area contributed by atoms with Crippen molar-refractivity contribution >= 4 is 28.1 Å². The second-order valence-electron chi connectivity index (χ2n) is 6.86. The van der Waals surface area contributed by atoms with Gasteiger partial charge in [0.05, 0.1) is 11.0 Å². The van der Waals surface area contributed by atoms with Crippen molar-refractivity contribution in [3.63, 3.8) is 0 Å². The van der Waals surface area contributed by atoms with Crippen molar-refractivity contribution < 1.29 is 19.1 Å². The zero-order valence-corrected chi connectivity index (χ0v) is 15.8. The minimum atomic E-state index is -0.807. The molecule has 2 amide bonds. The Morgan fingerprint density at radius 3 is 1.74 bits per heavy atom. The van der Waals surface area contributed by atoms with Crippen LogP contribution < -0.4 is 0 Å².